The fraction of sp³-hybridized carbons (Fsp3) is 0.667. The number of ether oxygens (including phenoxy) is 1. The Kier molecular flexibility index (Phi) is 4.69. The van der Waals surface area contributed by atoms with E-state index in [1.165, 1.54) is 7.11 Å². The molecule has 0 aliphatic heterocycles. The van der Waals surface area contributed by atoms with E-state index in [1.807, 2.05) is 0 Å². The van der Waals surface area contributed by atoms with E-state index in [0.29, 0.717) is 5.71 Å². The van der Waals surface area contributed by atoms with E-state index in [-0.39, 0.29) is 5.75 Å². The Bertz CT molecular complexity index is 169. The highest BCUT2D eigenvalue weighted by molar-refractivity contribution is 7.81. The van der Waals surface area contributed by atoms with Crippen molar-refractivity contribution in [2.75, 3.05) is 12.9 Å². The lowest BCUT2D eigenvalue weighted by atomic mass is 10.1. The second kappa shape index (κ2) is 5.01. The Morgan fingerprint density at radius 1 is 1.82 bits per heavy atom. The van der Waals surface area contributed by atoms with Crippen LogP contribution in [0.2, 0.25) is 0 Å². The summed E-state index contributed by atoms with van der Waals surface area (Å²) in [6.45, 7) is 1.59. The summed E-state index contributed by atoms with van der Waals surface area (Å²) in [6.07, 6.45) is 0. The van der Waals surface area contributed by atoms with E-state index in [1.54, 1.807) is 6.92 Å². The highest BCUT2D eigenvalue weighted by Crippen LogP contribution is 2.02. The molecule has 0 amide bonds. The number of methoxy groups -OCH3 is 1. The summed E-state index contributed by atoms with van der Waals surface area (Å²) in [5.41, 5.74) is 0.306. The maximum atomic E-state index is 10.8. The Labute approximate surface area is 70.6 Å². The average molecular weight is 177 g/mol. The van der Waals surface area contributed by atoms with Gasteiger partial charge in [-0.05, 0) is 6.92 Å². The molecule has 1 atom stereocenters. The van der Waals surface area contributed by atoms with Crippen molar-refractivity contribution in [2.24, 2.45) is 11.1 Å². The van der Waals surface area contributed by atoms with Gasteiger partial charge in [0.2, 0.25) is 0 Å². The van der Waals surface area contributed by atoms with Gasteiger partial charge < -0.3 is 9.94 Å². The molecule has 5 heteroatoms. The first-order valence-corrected chi connectivity index (χ1v) is 3.70. The highest BCUT2D eigenvalue weighted by Gasteiger charge is 2.18. The van der Waals surface area contributed by atoms with Crippen LogP contribution in [0.5, 0.6) is 0 Å². The number of hydrogen-bond donors (Lipinski definition) is 2. The van der Waals surface area contributed by atoms with Gasteiger partial charge in [-0.1, -0.05) is 5.16 Å². The fourth-order valence-electron chi connectivity index (χ4n) is 0.568. The van der Waals surface area contributed by atoms with Gasteiger partial charge in [0.05, 0.1) is 18.7 Å². The van der Waals surface area contributed by atoms with Gasteiger partial charge in [-0.25, -0.2) is 0 Å². The molecule has 11 heavy (non-hydrogen) atoms. The van der Waals surface area contributed by atoms with Crippen molar-refractivity contribution in [3.05, 3.63) is 0 Å². The van der Waals surface area contributed by atoms with Crippen molar-refractivity contribution in [1.29, 1.82) is 0 Å². The first-order valence-electron chi connectivity index (χ1n) is 3.06. The van der Waals surface area contributed by atoms with Crippen molar-refractivity contribution < 1.29 is 14.7 Å². The normalized spacial score (nSPS) is 14.3. The lowest BCUT2D eigenvalue weighted by molar-refractivity contribution is -0.142. The van der Waals surface area contributed by atoms with Crippen molar-refractivity contribution in [3.63, 3.8) is 0 Å². The Morgan fingerprint density at radius 3 is 2.64 bits per heavy atom. The quantitative estimate of drug-likeness (QED) is 0.218. The molecule has 0 aliphatic rings. The predicted octanol–water partition coefficient (Wildman–Crippen LogP) is 0.555. The number of oxime groups is 1. The zero-order valence-corrected chi connectivity index (χ0v) is 7.34. The van der Waals surface area contributed by atoms with Crippen LogP contribution in [0.15, 0.2) is 5.16 Å². The van der Waals surface area contributed by atoms with E-state index < -0.39 is 11.9 Å². The van der Waals surface area contributed by atoms with E-state index >= 15 is 0 Å². The molecule has 0 bridgehead atoms. The molecule has 0 spiro atoms. The van der Waals surface area contributed by atoms with Gasteiger partial charge in [0.15, 0.2) is 0 Å². The largest absolute Gasteiger partial charge is 0.469 e. The standard InChI is InChI=1S/C6H11NO3S/c1-4(6(8)10-2)5(3-11)7-9/h4,9,11H,3H2,1-2H3/b7-5-. The zero-order valence-electron chi connectivity index (χ0n) is 6.44. The van der Waals surface area contributed by atoms with Crippen LogP contribution in [0, 0.1) is 5.92 Å². The van der Waals surface area contributed by atoms with Gasteiger partial charge in [-0.15, -0.1) is 0 Å². The average Bonchev–Trinajstić information content (AvgIpc) is 2.05. The monoisotopic (exact) mass is 177 g/mol. The second-order valence-electron chi connectivity index (χ2n) is 1.99. The van der Waals surface area contributed by atoms with Crippen molar-refractivity contribution in [1.82, 2.24) is 0 Å². The van der Waals surface area contributed by atoms with Crippen LogP contribution in [-0.2, 0) is 9.53 Å². The van der Waals surface area contributed by atoms with Crippen LogP contribution in [-0.4, -0.2) is 29.8 Å². The van der Waals surface area contributed by atoms with Gasteiger partial charge in [0.1, 0.15) is 0 Å². The molecule has 0 aromatic rings. The molecule has 0 heterocycles. The minimum absolute atomic E-state index is 0.243. The minimum Gasteiger partial charge on any atom is -0.469 e. The molecular formula is C6H11NO3S. The maximum Gasteiger partial charge on any atom is 0.314 e. The third-order valence-corrected chi connectivity index (χ3v) is 1.67. The molecule has 0 aromatic heterocycles. The number of carbonyl (C=O) groups excluding carboxylic acids is 1. The summed E-state index contributed by atoms with van der Waals surface area (Å²) in [6, 6.07) is 0. The molecule has 4 nitrogen and oxygen atoms in total. The molecule has 0 fully saturated rings. The number of nitrogens with zero attached hydrogens (tertiary/aromatic N) is 1. The van der Waals surface area contributed by atoms with Crippen LogP contribution in [0.25, 0.3) is 0 Å². The number of rotatable bonds is 3. The van der Waals surface area contributed by atoms with Crippen LogP contribution < -0.4 is 0 Å². The van der Waals surface area contributed by atoms with Crippen LogP contribution in [0.4, 0.5) is 0 Å². The SMILES string of the molecule is COC(=O)C(C)/C(CS)=N\O. The van der Waals surface area contributed by atoms with E-state index in [2.05, 4.69) is 22.5 Å². The zero-order chi connectivity index (χ0) is 8.85. The Balaban J connectivity index is 4.21. The molecule has 0 saturated heterocycles. The lowest BCUT2D eigenvalue weighted by Crippen LogP contribution is -2.23. The molecular weight excluding hydrogens is 166 g/mol. The van der Waals surface area contributed by atoms with E-state index in [4.69, 9.17) is 5.21 Å². The van der Waals surface area contributed by atoms with Gasteiger partial charge in [0.25, 0.3) is 0 Å². The van der Waals surface area contributed by atoms with Gasteiger partial charge in [0, 0.05) is 5.75 Å². The summed E-state index contributed by atoms with van der Waals surface area (Å²) >= 11 is 3.87. The molecule has 0 aliphatic carbocycles. The summed E-state index contributed by atoms with van der Waals surface area (Å²) in [5.74, 6) is -0.707. The number of thiol groups is 1. The molecule has 0 radical (unpaired) electrons. The van der Waals surface area contributed by atoms with Crippen molar-refractivity contribution in [2.45, 2.75) is 6.92 Å². The summed E-state index contributed by atoms with van der Waals surface area (Å²) < 4.78 is 4.43. The minimum atomic E-state index is -0.525. The molecule has 0 rings (SSSR count). The third-order valence-electron chi connectivity index (χ3n) is 1.35. The molecule has 64 valence electrons. The van der Waals surface area contributed by atoms with Gasteiger partial charge >= 0.3 is 5.97 Å². The van der Waals surface area contributed by atoms with Crippen molar-refractivity contribution in [3.8, 4) is 0 Å². The smallest absolute Gasteiger partial charge is 0.314 e. The fourth-order valence-corrected chi connectivity index (χ4v) is 0.905. The van der Waals surface area contributed by atoms with E-state index in [9.17, 15) is 4.79 Å². The summed E-state index contributed by atoms with van der Waals surface area (Å²) in [7, 11) is 1.28. The molecule has 0 aromatic carbocycles. The molecule has 0 saturated carbocycles. The van der Waals surface area contributed by atoms with Crippen LogP contribution in [0.1, 0.15) is 6.92 Å². The van der Waals surface area contributed by atoms with Gasteiger partial charge in [-0.3, -0.25) is 4.79 Å². The van der Waals surface area contributed by atoms with Gasteiger partial charge in [-0.2, -0.15) is 12.6 Å². The summed E-state index contributed by atoms with van der Waals surface area (Å²) in [5, 5.41) is 11.3. The summed E-state index contributed by atoms with van der Waals surface area (Å²) in [4.78, 5) is 10.8. The lowest BCUT2D eigenvalue weighted by Gasteiger charge is -2.07. The molecule has 1 unspecified atom stereocenters. The molecule has 1 N–H and O–H groups in total. The number of hydrogen-bond acceptors (Lipinski definition) is 5. The topological polar surface area (TPSA) is 58.9 Å². The number of esters is 1. The van der Waals surface area contributed by atoms with Crippen molar-refractivity contribution >= 4 is 24.3 Å². The Morgan fingerprint density at radius 2 is 2.36 bits per heavy atom. The number of carbonyl (C=O) groups is 1. The second-order valence-corrected chi connectivity index (χ2v) is 2.31. The van der Waals surface area contributed by atoms with E-state index in [0.717, 1.165) is 0 Å². The first-order chi connectivity index (χ1) is 5.17. The maximum absolute atomic E-state index is 10.8. The van der Waals surface area contributed by atoms with Crippen LogP contribution >= 0.6 is 12.6 Å². The predicted molar refractivity (Wildman–Crippen MR) is 44.3 cm³/mol. The third kappa shape index (κ3) is 2.80. The highest BCUT2D eigenvalue weighted by atomic mass is 32.1. The Hall–Kier alpha value is -0.710. The van der Waals surface area contributed by atoms with Crippen LogP contribution in [0.3, 0.4) is 0 Å². The first kappa shape index (κ1) is 10.3.